The van der Waals surface area contributed by atoms with E-state index in [9.17, 15) is 17.6 Å². The molecule has 0 aliphatic carbocycles. The lowest BCUT2D eigenvalue weighted by Crippen LogP contribution is -2.28. The molecule has 0 bridgehead atoms. The van der Waals surface area contributed by atoms with Crippen LogP contribution in [-0.2, 0) is 14.8 Å². The maximum absolute atomic E-state index is 13.2. The molecular formula is C16H16ClFN2O4S. The van der Waals surface area contributed by atoms with Gasteiger partial charge in [0.1, 0.15) is 5.82 Å². The number of benzene rings is 2. The predicted molar refractivity (Wildman–Crippen MR) is 92.9 cm³/mol. The van der Waals surface area contributed by atoms with Gasteiger partial charge in [0, 0.05) is 13.7 Å². The van der Waals surface area contributed by atoms with Crippen molar-refractivity contribution >= 4 is 33.2 Å². The summed E-state index contributed by atoms with van der Waals surface area (Å²) in [6.45, 7) is 0.609. The van der Waals surface area contributed by atoms with Crippen LogP contribution in [0.15, 0.2) is 47.4 Å². The summed E-state index contributed by atoms with van der Waals surface area (Å²) in [6, 6.07) is 9.18. The van der Waals surface area contributed by atoms with Gasteiger partial charge in [-0.2, -0.15) is 0 Å². The molecule has 0 unspecified atom stereocenters. The standard InChI is InChI=1S/C16H16ClFN2O4S/c1-24-9-8-19-16(21)12-4-2-3-5-15(12)20-25(22,23)11-6-7-14(18)13(17)10-11/h2-7,10,20H,8-9H2,1H3,(H,19,21). The number of ether oxygens (including phenoxy) is 1. The predicted octanol–water partition coefficient (Wildman–Crippen LogP) is 2.66. The topological polar surface area (TPSA) is 84.5 Å². The Balaban J connectivity index is 2.27. The Morgan fingerprint density at radius 2 is 1.96 bits per heavy atom. The first-order valence-corrected chi connectivity index (χ1v) is 9.05. The monoisotopic (exact) mass is 386 g/mol. The Kier molecular flexibility index (Phi) is 6.35. The number of amides is 1. The summed E-state index contributed by atoms with van der Waals surface area (Å²) in [5.41, 5.74) is 0.244. The number of nitrogens with one attached hydrogen (secondary N) is 2. The van der Waals surface area contributed by atoms with E-state index in [1.165, 1.54) is 19.2 Å². The number of methoxy groups -OCH3 is 1. The Morgan fingerprint density at radius 1 is 1.24 bits per heavy atom. The second-order valence-electron chi connectivity index (χ2n) is 4.98. The van der Waals surface area contributed by atoms with E-state index in [1.807, 2.05) is 0 Å². The van der Waals surface area contributed by atoms with Crippen LogP contribution in [0.5, 0.6) is 0 Å². The highest BCUT2D eigenvalue weighted by molar-refractivity contribution is 7.92. The van der Waals surface area contributed by atoms with Gasteiger partial charge in [0.15, 0.2) is 0 Å². The summed E-state index contributed by atoms with van der Waals surface area (Å²) in [5, 5.41) is 2.30. The number of sulfonamides is 1. The van der Waals surface area contributed by atoms with Crippen molar-refractivity contribution in [3.05, 3.63) is 58.9 Å². The van der Waals surface area contributed by atoms with Crippen LogP contribution in [-0.4, -0.2) is 34.6 Å². The Bertz CT molecular complexity index is 874. The van der Waals surface area contributed by atoms with Crippen molar-refractivity contribution < 1.29 is 22.3 Å². The van der Waals surface area contributed by atoms with E-state index in [0.717, 1.165) is 18.2 Å². The molecule has 2 aromatic rings. The van der Waals surface area contributed by atoms with Crippen LogP contribution in [0.1, 0.15) is 10.4 Å². The van der Waals surface area contributed by atoms with E-state index in [2.05, 4.69) is 10.0 Å². The third-order valence-electron chi connectivity index (χ3n) is 3.21. The van der Waals surface area contributed by atoms with Crippen LogP contribution in [0.4, 0.5) is 10.1 Å². The molecule has 0 fully saturated rings. The molecule has 9 heteroatoms. The average molecular weight is 387 g/mol. The molecule has 0 spiro atoms. The summed E-state index contributed by atoms with van der Waals surface area (Å²) in [7, 11) is -2.54. The first kappa shape index (κ1) is 19.2. The summed E-state index contributed by atoms with van der Waals surface area (Å²) in [6.07, 6.45) is 0. The van der Waals surface area contributed by atoms with E-state index < -0.39 is 21.7 Å². The maximum Gasteiger partial charge on any atom is 0.261 e. The minimum absolute atomic E-state index is 0.0952. The van der Waals surface area contributed by atoms with Gasteiger partial charge in [-0.05, 0) is 30.3 Å². The van der Waals surface area contributed by atoms with Gasteiger partial charge in [0.05, 0.1) is 27.8 Å². The third-order valence-corrected chi connectivity index (χ3v) is 4.86. The van der Waals surface area contributed by atoms with Crippen molar-refractivity contribution in [2.75, 3.05) is 25.0 Å². The molecule has 1 amide bonds. The van der Waals surface area contributed by atoms with Crippen LogP contribution in [0, 0.1) is 5.82 Å². The minimum atomic E-state index is -4.04. The van der Waals surface area contributed by atoms with E-state index in [0.29, 0.717) is 6.61 Å². The van der Waals surface area contributed by atoms with Gasteiger partial charge in [-0.1, -0.05) is 23.7 Å². The van der Waals surface area contributed by atoms with Gasteiger partial charge in [-0.3, -0.25) is 9.52 Å². The lowest BCUT2D eigenvalue weighted by atomic mass is 10.2. The van der Waals surface area contributed by atoms with Crippen LogP contribution in [0.2, 0.25) is 5.02 Å². The molecule has 0 aromatic heterocycles. The fourth-order valence-electron chi connectivity index (χ4n) is 1.98. The summed E-state index contributed by atoms with van der Waals surface area (Å²) >= 11 is 5.63. The van der Waals surface area contributed by atoms with Gasteiger partial charge in [0.25, 0.3) is 15.9 Å². The number of halogens is 2. The first-order valence-electron chi connectivity index (χ1n) is 7.19. The zero-order valence-electron chi connectivity index (χ0n) is 13.3. The summed E-state index contributed by atoms with van der Waals surface area (Å²) < 4.78 is 45.3. The number of rotatable bonds is 7. The Labute approximate surface area is 150 Å². The van der Waals surface area contributed by atoms with Crippen molar-refractivity contribution in [3.8, 4) is 0 Å². The number of hydrogen-bond donors (Lipinski definition) is 2. The van der Waals surface area contributed by atoms with Gasteiger partial charge in [0.2, 0.25) is 0 Å². The molecule has 6 nitrogen and oxygen atoms in total. The van der Waals surface area contributed by atoms with Gasteiger partial charge >= 0.3 is 0 Å². The molecule has 134 valence electrons. The van der Waals surface area contributed by atoms with Crippen molar-refractivity contribution in [1.82, 2.24) is 5.32 Å². The number of para-hydroxylation sites is 1. The Morgan fingerprint density at radius 3 is 2.64 bits per heavy atom. The number of carbonyl (C=O) groups excluding carboxylic acids is 1. The smallest absolute Gasteiger partial charge is 0.261 e. The number of anilines is 1. The molecule has 2 N–H and O–H groups in total. The van der Waals surface area contributed by atoms with Gasteiger partial charge in [-0.15, -0.1) is 0 Å². The Hall–Kier alpha value is -2.16. The zero-order chi connectivity index (χ0) is 18.4. The second-order valence-corrected chi connectivity index (χ2v) is 7.07. The average Bonchev–Trinajstić information content (AvgIpc) is 2.57. The quantitative estimate of drug-likeness (QED) is 0.716. The van der Waals surface area contributed by atoms with Gasteiger partial charge in [-0.25, -0.2) is 12.8 Å². The highest BCUT2D eigenvalue weighted by Gasteiger charge is 2.19. The minimum Gasteiger partial charge on any atom is -0.383 e. The van der Waals surface area contributed by atoms with Crippen molar-refractivity contribution in [2.24, 2.45) is 0 Å². The number of hydrogen-bond acceptors (Lipinski definition) is 4. The van der Waals surface area contributed by atoms with E-state index >= 15 is 0 Å². The molecule has 0 saturated heterocycles. The largest absolute Gasteiger partial charge is 0.383 e. The zero-order valence-corrected chi connectivity index (χ0v) is 14.8. The highest BCUT2D eigenvalue weighted by atomic mass is 35.5. The molecule has 0 atom stereocenters. The molecule has 0 radical (unpaired) electrons. The second kappa shape index (κ2) is 8.28. The van der Waals surface area contributed by atoms with Crippen LogP contribution in [0.3, 0.4) is 0 Å². The number of carbonyl (C=O) groups is 1. The molecule has 0 saturated carbocycles. The molecule has 2 aromatic carbocycles. The first-order chi connectivity index (χ1) is 11.8. The lowest BCUT2D eigenvalue weighted by molar-refractivity contribution is 0.0938. The van der Waals surface area contributed by atoms with Crippen molar-refractivity contribution in [1.29, 1.82) is 0 Å². The van der Waals surface area contributed by atoms with E-state index in [4.69, 9.17) is 16.3 Å². The maximum atomic E-state index is 13.2. The SMILES string of the molecule is COCCNC(=O)c1ccccc1NS(=O)(=O)c1ccc(F)c(Cl)c1. The lowest BCUT2D eigenvalue weighted by Gasteiger charge is -2.13. The highest BCUT2D eigenvalue weighted by Crippen LogP contribution is 2.23. The van der Waals surface area contributed by atoms with Crippen LogP contribution < -0.4 is 10.0 Å². The molecule has 0 aliphatic heterocycles. The van der Waals surface area contributed by atoms with Crippen molar-refractivity contribution in [3.63, 3.8) is 0 Å². The van der Waals surface area contributed by atoms with E-state index in [1.54, 1.807) is 12.1 Å². The fourth-order valence-corrected chi connectivity index (χ4v) is 3.33. The van der Waals surface area contributed by atoms with Crippen molar-refractivity contribution in [2.45, 2.75) is 4.90 Å². The summed E-state index contributed by atoms with van der Waals surface area (Å²) in [4.78, 5) is 12.0. The van der Waals surface area contributed by atoms with Crippen LogP contribution in [0.25, 0.3) is 0 Å². The molecule has 0 aliphatic rings. The summed E-state index contributed by atoms with van der Waals surface area (Å²) in [5.74, 6) is -1.17. The molecule has 25 heavy (non-hydrogen) atoms. The normalized spacial score (nSPS) is 11.2. The molecule has 0 heterocycles. The van der Waals surface area contributed by atoms with Crippen LogP contribution >= 0.6 is 11.6 Å². The fraction of sp³-hybridized carbons (Fsp3) is 0.188. The third kappa shape index (κ3) is 4.91. The molecular weight excluding hydrogens is 371 g/mol. The van der Waals surface area contributed by atoms with E-state index in [-0.39, 0.29) is 27.7 Å². The van der Waals surface area contributed by atoms with Gasteiger partial charge < -0.3 is 10.1 Å². The molecule has 2 rings (SSSR count).